The summed E-state index contributed by atoms with van der Waals surface area (Å²) >= 11 is 6.16. The molecule has 0 amide bonds. The van der Waals surface area contributed by atoms with Crippen LogP contribution in [-0.4, -0.2) is 7.11 Å². The Hall–Kier alpha value is -1.44. The van der Waals surface area contributed by atoms with Gasteiger partial charge in [0, 0.05) is 10.8 Å². The van der Waals surface area contributed by atoms with Crippen molar-refractivity contribution in [3.05, 3.63) is 106 Å². The Balaban J connectivity index is 0.000000407. The first-order valence-electron chi connectivity index (χ1n) is 11.0. The molecule has 0 aromatic heterocycles. The number of halogens is 3. The first-order chi connectivity index (χ1) is 15.3. The molecule has 5 rings (SSSR count). The maximum Gasteiger partial charge on any atom is 4.00 e. The van der Waals surface area contributed by atoms with Gasteiger partial charge in [0.05, 0.1) is 7.11 Å². The molecule has 0 N–H and O–H groups in total. The number of benzene rings is 3. The molecule has 0 heterocycles. The summed E-state index contributed by atoms with van der Waals surface area (Å²) in [7, 11) is 1.71. The molecule has 0 fully saturated rings. The predicted octanol–water partition coefficient (Wildman–Crippen LogP) is 2.40. The molecule has 0 saturated heterocycles. The quantitative estimate of drug-likeness (QED) is 0.282. The fourth-order valence-corrected chi connectivity index (χ4v) is 4.43. The van der Waals surface area contributed by atoms with Crippen molar-refractivity contribution in [1.29, 1.82) is 0 Å². The zero-order valence-corrected chi connectivity index (χ0v) is 25.4. The minimum absolute atomic E-state index is 0. The summed E-state index contributed by atoms with van der Waals surface area (Å²) in [6.07, 6.45) is 0.864. The Kier molecular flexibility index (Phi) is 11.9. The van der Waals surface area contributed by atoms with E-state index in [1.807, 2.05) is 24.3 Å². The Morgan fingerprint density at radius 2 is 1.69 bits per heavy atom. The third-order valence-corrected chi connectivity index (χ3v) is 6.19. The molecule has 0 saturated carbocycles. The molecular formula is C30H29Cl3OZr. The van der Waals surface area contributed by atoms with Gasteiger partial charge in [0.2, 0.25) is 0 Å². The average molecular weight is 603 g/mol. The molecule has 0 spiro atoms. The van der Waals surface area contributed by atoms with Crippen molar-refractivity contribution in [1.82, 2.24) is 0 Å². The molecule has 1 nitrogen and oxygen atoms in total. The van der Waals surface area contributed by atoms with Crippen molar-refractivity contribution in [3.63, 3.8) is 0 Å². The standard InChI is InChI=1S/C20H14ClO.C10H15.2ClH.Zr/c1-22-19-10-9-16(13-5-3-2-4-6-13)18-12-14-11-15(21)7-8-17(14)20(18)19;1-8-5-6-9(7-8)10(2,3)4;;;/h2-8,10-11H,12H2,1H3;5-7H,1-4H3;2*1H;/q2*-1;;;+4/p-2. The fraction of sp³-hybridized carbons (Fsp3) is 0.233. The third-order valence-electron chi connectivity index (χ3n) is 5.96. The summed E-state index contributed by atoms with van der Waals surface area (Å²) in [6.45, 7) is 8.85. The van der Waals surface area contributed by atoms with E-state index in [9.17, 15) is 0 Å². The summed E-state index contributed by atoms with van der Waals surface area (Å²) in [5.41, 5.74) is 10.3. The van der Waals surface area contributed by atoms with Crippen LogP contribution in [0.4, 0.5) is 0 Å². The summed E-state index contributed by atoms with van der Waals surface area (Å²) in [5.74, 6) is 0.871. The molecule has 0 unspecified atom stereocenters. The Morgan fingerprint density at radius 1 is 1.00 bits per heavy atom. The van der Waals surface area contributed by atoms with Crippen molar-refractivity contribution in [2.75, 3.05) is 7.11 Å². The molecule has 4 aromatic rings. The number of methoxy groups -OCH3 is 1. The van der Waals surface area contributed by atoms with Crippen LogP contribution in [0.15, 0.2) is 72.8 Å². The first-order valence-corrected chi connectivity index (χ1v) is 11.4. The van der Waals surface area contributed by atoms with E-state index in [0.717, 1.165) is 22.8 Å². The van der Waals surface area contributed by atoms with Gasteiger partial charge in [-0.1, -0.05) is 92.2 Å². The van der Waals surface area contributed by atoms with Gasteiger partial charge in [-0.05, 0) is 29.7 Å². The van der Waals surface area contributed by atoms with Gasteiger partial charge in [0.15, 0.2) is 0 Å². The monoisotopic (exact) mass is 600 g/mol. The molecular weight excluding hydrogens is 574 g/mol. The Labute approximate surface area is 246 Å². The molecule has 0 radical (unpaired) electrons. The Bertz CT molecular complexity index is 1240. The van der Waals surface area contributed by atoms with Gasteiger partial charge in [-0.15, -0.1) is 23.3 Å². The van der Waals surface area contributed by atoms with Gasteiger partial charge in [-0.3, -0.25) is 0 Å². The van der Waals surface area contributed by atoms with Crippen LogP contribution in [0.3, 0.4) is 0 Å². The second kappa shape index (κ2) is 13.2. The third kappa shape index (κ3) is 7.08. The number of fused-ring (bicyclic) bond motifs is 3. The molecule has 1 aliphatic carbocycles. The smallest absolute Gasteiger partial charge is 1.00 e. The topological polar surface area (TPSA) is 9.23 Å². The van der Waals surface area contributed by atoms with Gasteiger partial charge >= 0.3 is 26.2 Å². The van der Waals surface area contributed by atoms with Crippen LogP contribution in [0, 0.1) is 13.0 Å². The first kappa shape index (κ1) is 31.6. The van der Waals surface area contributed by atoms with E-state index in [0.29, 0.717) is 5.41 Å². The van der Waals surface area contributed by atoms with E-state index in [1.54, 1.807) is 7.11 Å². The van der Waals surface area contributed by atoms with Crippen molar-refractivity contribution in [3.8, 4) is 28.0 Å². The minimum atomic E-state index is 0. The molecule has 180 valence electrons. The molecule has 0 bridgehead atoms. The summed E-state index contributed by atoms with van der Waals surface area (Å²) in [4.78, 5) is 0. The fourth-order valence-electron chi connectivity index (χ4n) is 4.24. The molecule has 1 aliphatic rings. The largest absolute Gasteiger partial charge is 4.00 e. The molecule has 0 aliphatic heterocycles. The van der Waals surface area contributed by atoms with Crippen LogP contribution < -0.4 is 29.6 Å². The van der Waals surface area contributed by atoms with Crippen LogP contribution in [0.1, 0.15) is 43.0 Å². The zero-order valence-electron chi connectivity index (χ0n) is 20.7. The summed E-state index contributed by atoms with van der Waals surface area (Å²) in [5, 5.41) is 0.774. The van der Waals surface area contributed by atoms with Crippen molar-refractivity contribution < 1.29 is 55.8 Å². The zero-order chi connectivity index (χ0) is 22.9. The summed E-state index contributed by atoms with van der Waals surface area (Å²) < 4.78 is 5.57. The molecule has 5 heteroatoms. The van der Waals surface area contributed by atoms with Crippen LogP contribution in [0.25, 0.3) is 22.3 Å². The van der Waals surface area contributed by atoms with Gasteiger partial charge in [0.25, 0.3) is 0 Å². The predicted molar refractivity (Wildman–Crippen MR) is 136 cm³/mol. The summed E-state index contributed by atoms with van der Waals surface area (Å²) in [6, 6.07) is 28.4. The van der Waals surface area contributed by atoms with Crippen LogP contribution >= 0.6 is 11.6 Å². The van der Waals surface area contributed by atoms with Gasteiger partial charge in [-0.2, -0.15) is 23.3 Å². The molecule has 35 heavy (non-hydrogen) atoms. The second-order valence-corrected chi connectivity index (χ2v) is 9.79. The van der Waals surface area contributed by atoms with Gasteiger partial charge in [-0.25, -0.2) is 6.07 Å². The van der Waals surface area contributed by atoms with E-state index in [1.165, 1.54) is 38.9 Å². The van der Waals surface area contributed by atoms with E-state index in [2.05, 4.69) is 82.3 Å². The number of hydrogen-bond acceptors (Lipinski definition) is 1. The van der Waals surface area contributed by atoms with Crippen LogP contribution in [-0.2, 0) is 38.0 Å². The van der Waals surface area contributed by atoms with E-state index < -0.39 is 0 Å². The van der Waals surface area contributed by atoms with Crippen molar-refractivity contribution in [2.45, 2.75) is 39.5 Å². The molecule has 0 atom stereocenters. The number of rotatable bonds is 2. The van der Waals surface area contributed by atoms with Crippen molar-refractivity contribution in [2.24, 2.45) is 0 Å². The van der Waals surface area contributed by atoms with Gasteiger partial charge in [0.1, 0.15) is 0 Å². The van der Waals surface area contributed by atoms with E-state index in [-0.39, 0.29) is 51.0 Å². The number of hydrogen-bond donors (Lipinski definition) is 0. The maximum atomic E-state index is 6.16. The molecule has 4 aromatic carbocycles. The van der Waals surface area contributed by atoms with E-state index >= 15 is 0 Å². The minimum Gasteiger partial charge on any atom is -1.00 e. The van der Waals surface area contributed by atoms with Crippen molar-refractivity contribution >= 4 is 11.6 Å². The Morgan fingerprint density at radius 3 is 2.23 bits per heavy atom. The van der Waals surface area contributed by atoms with Crippen LogP contribution in [0.2, 0.25) is 5.02 Å². The number of ether oxygens (including phenoxy) is 1. The van der Waals surface area contributed by atoms with Crippen LogP contribution in [0.5, 0.6) is 5.75 Å². The maximum absolute atomic E-state index is 6.16. The number of aryl methyl sites for hydroxylation is 1. The SMILES string of the molecule is COc1c[c-]c(-c2ccccc2)c2c1-c1ccc(Cl)cc1C2.C[c-]1ccc(C(C)(C)C)c1.[Cl-].[Cl-].[Zr+4]. The van der Waals surface area contributed by atoms with Gasteiger partial charge < -0.3 is 29.6 Å². The normalized spacial score (nSPS) is 10.9. The second-order valence-electron chi connectivity index (χ2n) is 9.36. The van der Waals surface area contributed by atoms with E-state index in [4.69, 9.17) is 16.3 Å². The average Bonchev–Trinajstić information content (AvgIpc) is 3.37.